The van der Waals surface area contributed by atoms with Gasteiger partial charge in [0.05, 0.1) is 16.6 Å². The van der Waals surface area contributed by atoms with Gasteiger partial charge in [0.15, 0.2) is 0 Å². The number of hydrogen-bond acceptors (Lipinski definition) is 2. The Bertz CT molecular complexity index is 1440. The number of para-hydroxylation sites is 3. The molecule has 4 heteroatoms. The van der Waals surface area contributed by atoms with E-state index in [1.807, 2.05) is 92.0 Å². The van der Waals surface area contributed by atoms with Gasteiger partial charge in [0.1, 0.15) is 5.82 Å². The lowest BCUT2D eigenvalue weighted by Crippen LogP contribution is -2.23. The van der Waals surface area contributed by atoms with Crippen molar-refractivity contribution in [3.63, 3.8) is 0 Å². The van der Waals surface area contributed by atoms with E-state index in [-0.39, 0.29) is 5.56 Å². The molecule has 29 heavy (non-hydrogen) atoms. The van der Waals surface area contributed by atoms with Gasteiger partial charge >= 0.3 is 0 Å². The molecule has 0 saturated heterocycles. The van der Waals surface area contributed by atoms with Crippen LogP contribution in [0.3, 0.4) is 0 Å². The summed E-state index contributed by atoms with van der Waals surface area (Å²) in [7, 11) is 0. The molecule has 0 bridgehead atoms. The minimum absolute atomic E-state index is 0.0662. The Morgan fingerprint density at radius 2 is 1.59 bits per heavy atom. The smallest absolute Gasteiger partial charge is 0.266 e. The maximum atomic E-state index is 13.4. The lowest BCUT2D eigenvalue weighted by atomic mass is 10.1. The standard InChI is InChI=1S/C25H19N3O/c1-17-8-2-7-13-23(17)28-24(27-22-12-6-4-10-20(22)25(28)29)15-14-18-16-26-21-11-5-3-9-19(18)21/h2-16,26H,1H3. The van der Waals surface area contributed by atoms with Gasteiger partial charge in [-0.2, -0.15) is 0 Å². The molecule has 0 aliphatic carbocycles. The first kappa shape index (κ1) is 17.2. The van der Waals surface area contributed by atoms with Crippen molar-refractivity contribution in [2.45, 2.75) is 6.92 Å². The Hall–Kier alpha value is -3.92. The predicted molar refractivity (Wildman–Crippen MR) is 119 cm³/mol. The summed E-state index contributed by atoms with van der Waals surface area (Å²) in [5.41, 5.74) is 4.63. The zero-order chi connectivity index (χ0) is 19.8. The van der Waals surface area contributed by atoms with Crippen LogP contribution in [0.5, 0.6) is 0 Å². The maximum absolute atomic E-state index is 13.4. The van der Waals surface area contributed by atoms with E-state index in [4.69, 9.17) is 4.98 Å². The number of fused-ring (bicyclic) bond motifs is 2. The highest BCUT2D eigenvalue weighted by Crippen LogP contribution is 2.21. The molecule has 0 unspecified atom stereocenters. The largest absolute Gasteiger partial charge is 0.361 e. The molecular weight excluding hydrogens is 358 g/mol. The number of aromatic nitrogens is 3. The van der Waals surface area contributed by atoms with E-state index >= 15 is 0 Å². The molecule has 2 aromatic heterocycles. The third-order valence-electron chi connectivity index (χ3n) is 5.19. The summed E-state index contributed by atoms with van der Waals surface area (Å²) in [6.45, 7) is 2.00. The number of aryl methyl sites for hydroxylation is 1. The minimum atomic E-state index is -0.0662. The fraction of sp³-hybridized carbons (Fsp3) is 0.0400. The minimum Gasteiger partial charge on any atom is -0.361 e. The Morgan fingerprint density at radius 1 is 0.862 bits per heavy atom. The Balaban J connectivity index is 1.75. The van der Waals surface area contributed by atoms with Crippen LogP contribution in [0.15, 0.2) is 83.8 Å². The van der Waals surface area contributed by atoms with Crippen molar-refractivity contribution < 1.29 is 0 Å². The lowest BCUT2D eigenvalue weighted by molar-refractivity contribution is 0.934. The highest BCUT2D eigenvalue weighted by molar-refractivity contribution is 5.91. The molecule has 5 rings (SSSR count). The van der Waals surface area contributed by atoms with E-state index in [0.29, 0.717) is 16.7 Å². The van der Waals surface area contributed by atoms with Crippen molar-refractivity contribution in [2.24, 2.45) is 0 Å². The van der Waals surface area contributed by atoms with Crippen LogP contribution < -0.4 is 5.56 Å². The molecule has 3 aromatic carbocycles. The van der Waals surface area contributed by atoms with Crippen molar-refractivity contribution in [3.8, 4) is 5.69 Å². The van der Waals surface area contributed by atoms with Crippen LogP contribution >= 0.6 is 0 Å². The highest BCUT2D eigenvalue weighted by Gasteiger charge is 2.12. The number of nitrogens with one attached hydrogen (secondary N) is 1. The summed E-state index contributed by atoms with van der Waals surface area (Å²) in [6, 6.07) is 23.5. The van der Waals surface area contributed by atoms with Crippen LogP contribution in [-0.2, 0) is 0 Å². The monoisotopic (exact) mass is 377 g/mol. The summed E-state index contributed by atoms with van der Waals surface area (Å²) in [5.74, 6) is 0.605. The van der Waals surface area contributed by atoms with Gasteiger partial charge in [-0.1, -0.05) is 48.5 Å². The average Bonchev–Trinajstić information content (AvgIpc) is 3.16. The van der Waals surface area contributed by atoms with Gasteiger partial charge in [0.25, 0.3) is 5.56 Å². The van der Waals surface area contributed by atoms with E-state index in [1.165, 1.54) is 0 Å². The van der Waals surface area contributed by atoms with Crippen LogP contribution in [-0.4, -0.2) is 14.5 Å². The first-order valence-corrected chi connectivity index (χ1v) is 9.54. The molecule has 0 aliphatic heterocycles. The zero-order valence-corrected chi connectivity index (χ0v) is 16.0. The van der Waals surface area contributed by atoms with Gasteiger partial charge in [-0.05, 0) is 54.5 Å². The van der Waals surface area contributed by atoms with E-state index in [2.05, 4.69) is 11.1 Å². The summed E-state index contributed by atoms with van der Waals surface area (Å²) in [5, 5.41) is 1.74. The second-order valence-corrected chi connectivity index (χ2v) is 7.04. The fourth-order valence-electron chi connectivity index (χ4n) is 3.70. The third-order valence-corrected chi connectivity index (χ3v) is 5.19. The number of nitrogens with zero attached hydrogens (tertiary/aromatic N) is 2. The van der Waals surface area contributed by atoms with Crippen LogP contribution in [0, 0.1) is 6.92 Å². The first-order valence-electron chi connectivity index (χ1n) is 9.54. The lowest BCUT2D eigenvalue weighted by Gasteiger charge is -2.13. The van der Waals surface area contributed by atoms with Crippen LogP contribution in [0.2, 0.25) is 0 Å². The first-order chi connectivity index (χ1) is 14.2. The Kier molecular flexibility index (Phi) is 4.10. The fourth-order valence-corrected chi connectivity index (χ4v) is 3.70. The number of benzene rings is 3. The van der Waals surface area contributed by atoms with Crippen LogP contribution in [0.25, 0.3) is 39.6 Å². The molecule has 0 fully saturated rings. The molecule has 0 atom stereocenters. The Morgan fingerprint density at radius 3 is 2.45 bits per heavy atom. The van der Waals surface area contributed by atoms with Crippen molar-refractivity contribution in [1.82, 2.24) is 14.5 Å². The van der Waals surface area contributed by atoms with Crippen molar-refractivity contribution in [2.75, 3.05) is 0 Å². The molecule has 140 valence electrons. The number of hydrogen-bond donors (Lipinski definition) is 1. The van der Waals surface area contributed by atoms with Gasteiger partial charge in [0.2, 0.25) is 0 Å². The quantitative estimate of drug-likeness (QED) is 0.461. The molecule has 0 saturated carbocycles. The van der Waals surface area contributed by atoms with Gasteiger partial charge in [0, 0.05) is 17.1 Å². The van der Waals surface area contributed by atoms with Gasteiger partial charge in [-0.3, -0.25) is 9.36 Å². The molecule has 0 spiro atoms. The van der Waals surface area contributed by atoms with E-state index in [1.54, 1.807) is 4.57 Å². The maximum Gasteiger partial charge on any atom is 0.266 e. The SMILES string of the molecule is Cc1ccccc1-n1c(C=Cc2c[nH]c3ccccc23)nc2ccccc2c1=O. The summed E-state index contributed by atoms with van der Waals surface area (Å²) >= 11 is 0. The second-order valence-electron chi connectivity index (χ2n) is 7.04. The summed E-state index contributed by atoms with van der Waals surface area (Å²) in [4.78, 5) is 21.4. The van der Waals surface area contributed by atoms with E-state index < -0.39 is 0 Å². The molecule has 0 radical (unpaired) electrons. The topological polar surface area (TPSA) is 50.7 Å². The predicted octanol–water partition coefficient (Wildman–Crippen LogP) is 5.35. The number of rotatable bonds is 3. The molecule has 2 heterocycles. The van der Waals surface area contributed by atoms with E-state index in [9.17, 15) is 4.79 Å². The van der Waals surface area contributed by atoms with Crippen LogP contribution in [0.4, 0.5) is 0 Å². The number of aromatic amines is 1. The van der Waals surface area contributed by atoms with Crippen molar-refractivity contribution in [3.05, 3.63) is 106 Å². The normalized spacial score (nSPS) is 11.6. The Labute approximate surface area is 167 Å². The van der Waals surface area contributed by atoms with Gasteiger partial charge in [-0.15, -0.1) is 0 Å². The average molecular weight is 377 g/mol. The zero-order valence-electron chi connectivity index (χ0n) is 16.0. The molecule has 1 N–H and O–H groups in total. The molecule has 4 nitrogen and oxygen atoms in total. The van der Waals surface area contributed by atoms with E-state index in [0.717, 1.165) is 27.7 Å². The summed E-state index contributed by atoms with van der Waals surface area (Å²) < 4.78 is 1.70. The second kappa shape index (κ2) is 6.91. The van der Waals surface area contributed by atoms with Crippen molar-refractivity contribution in [1.29, 1.82) is 0 Å². The molecular formula is C25H19N3O. The molecule has 5 aromatic rings. The highest BCUT2D eigenvalue weighted by atomic mass is 16.1. The van der Waals surface area contributed by atoms with Gasteiger partial charge in [-0.25, -0.2) is 4.98 Å². The van der Waals surface area contributed by atoms with Crippen molar-refractivity contribution >= 4 is 34.0 Å². The summed E-state index contributed by atoms with van der Waals surface area (Å²) in [6.07, 6.45) is 5.89. The molecule has 0 amide bonds. The van der Waals surface area contributed by atoms with Crippen LogP contribution in [0.1, 0.15) is 17.0 Å². The molecule has 0 aliphatic rings. The number of H-pyrrole nitrogens is 1. The van der Waals surface area contributed by atoms with Gasteiger partial charge < -0.3 is 4.98 Å². The third kappa shape index (κ3) is 2.95.